The molecule has 0 aliphatic heterocycles. The minimum absolute atomic E-state index is 0.559. The molecular weight excluding hydrogens is 140 g/mol. The second-order valence-electron chi connectivity index (χ2n) is 3.98. The Morgan fingerprint density at radius 1 is 1.55 bits per heavy atom. The van der Waals surface area contributed by atoms with E-state index < -0.39 is 11.7 Å². The van der Waals surface area contributed by atoms with Gasteiger partial charge in [-0.1, -0.05) is 19.8 Å². The van der Waals surface area contributed by atoms with Gasteiger partial charge in [-0.3, -0.25) is 0 Å². The Hall–Kier alpha value is -0.0800. The van der Waals surface area contributed by atoms with E-state index in [1.165, 1.54) is 6.42 Å². The van der Waals surface area contributed by atoms with Crippen LogP contribution < -0.4 is 0 Å². The van der Waals surface area contributed by atoms with E-state index in [0.717, 1.165) is 19.3 Å². The summed E-state index contributed by atoms with van der Waals surface area (Å²) >= 11 is 0. The molecule has 0 bridgehead atoms. The maximum Gasteiger partial charge on any atom is 0.0905 e. The van der Waals surface area contributed by atoms with Crippen LogP contribution in [-0.4, -0.2) is 21.9 Å². The van der Waals surface area contributed by atoms with Crippen molar-refractivity contribution < 1.29 is 10.2 Å². The number of aliphatic hydroxyl groups is 2. The zero-order chi connectivity index (χ0) is 8.48. The first-order chi connectivity index (χ1) is 5.04. The lowest BCUT2D eigenvalue weighted by molar-refractivity contribution is -0.0988. The highest BCUT2D eigenvalue weighted by Crippen LogP contribution is 2.34. The molecule has 0 amide bonds. The van der Waals surface area contributed by atoms with Crippen LogP contribution in [0.3, 0.4) is 0 Å². The fraction of sp³-hybridized carbons (Fsp3) is 1.00. The standard InChI is InChI=1S/C9H18O2/c1-7-4-3-5-9(11,6-7)8(2)10/h7-8,10-11H,3-6H2,1-2H3. The van der Waals surface area contributed by atoms with E-state index in [9.17, 15) is 10.2 Å². The predicted octanol–water partition coefficient (Wildman–Crippen LogP) is 1.31. The van der Waals surface area contributed by atoms with E-state index in [4.69, 9.17) is 0 Å². The smallest absolute Gasteiger partial charge is 0.0905 e. The van der Waals surface area contributed by atoms with E-state index in [-0.39, 0.29) is 0 Å². The molecule has 11 heavy (non-hydrogen) atoms. The molecule has 1 aliphatic carbocycles. The Labute approximate surface area is 68.2 Å². The topological polar surface area (TPSA) is 40.5 Å². The molecule has 0 radical (unpaired) electrons. The third kappa shape index (κ3) is 1.94. The van der Waals surface area contributed by atoms with Gasteiger partial charge in [-0.2, -0.15) is 0 Å². The SMILES string of the molecule is CC1CCCC(O)(C(C)O)C1. The van der Waals surface area contributed by atoms with Crippen molar-refractivity contribution in [3.05, 3.63) is 0 Å². The van der Waals surface area contributed by atoms with Gasteiger partial charge in [0.2, 0.25) is 0 Å². The number of hydrogen-bond donors (Lipinski definition) is 2. The number of hydrogen-bond acceptors (Lipinski definition) is 2. The fourth-order valence-corrected chi connectivity index (χ4v) is 1.94. The number of rotatable bonds is 1. The minimum atomic E-state index is -0.794. The van der Waals surface area contributed by atoms with Crippen molar-refractivity contribution >= 4 is 0 Å². The second kappa shape index (κ2) is 3.11. The maximum atomic E-state index is 9.87. The third-order valence-corrected chi connectivity index (χ3v) is 2.79. The van der Waals surface area contributed by atoms with Crippen LogP contribution in [0.1, 0.15) is 39.5 Å². The van der Waals surface area contributed by atoms with Crippen LogP contribution in [-0.2, 0) is 0 Å². The molecule has 0 saturated heterocycles. The number of aliphatic hydroxyl groups excluding tert-OH is 1. The van der Waals surface area contributed by atoms with E-state index in [2.05, 4.69) is 6.92 Å². The minimum Gasteiger partial charge on any atom is -0.390 e. The lowest BCUT2D eigenvalue weighted by Crippen LogP contribution is -2.44. The van der Waals surface area contributed by atoms with Gasteiger partial charge in [-0.25, -0.2) is 0 Å². The maximum absolute atomic E-state index is 9.87. The zero-order valence-corrected chi connectivity index (χ0v) is 7.38. The van der Waals surface area contributed by atoms with Gasteiger partial charge < -0.3 is 10.2 Å². The van der Waals surface area contributed by atoms with Gasteiger partial charge >= 0.3 is 0 Å². The highest BCUT2D eigenvalue weighted by atomic mass is 16.3. The van der Waals surface area contributed by atoms with Crippen LogP contribution in [0.4, 0.5) is 0 Å². The molecule has 2 nitrogen and oxygen atoms in total. The predicted molar refractivity (Wildman–Crippen MR) is 44.3 cm³/mol. The van der Waals surface area contributed by atoms with Crippen molar-refractivity contribution in [2.45, 2.75) is 51.2 Å². The summed E-state index contributed by atoms with van der Waals surface area (Å²) in [4.78, 5) is 0. The molecular formula is C9H18O2. The van der Waals surface area contributed by atoms with Crippen LogP contribution in [0.25, 0.3) is 0 Å². The van der Waals surface area contributed by atoms with Gasteiger partial charge in [0.05, 0.1) is 11.7 Å². The summed E-state index contributed by atoms with van der Waals surface area (Å²) in [7, 11) is 0. The highest BCUT2D eigenvalue weighted by molar-refractivity contribution is 4.88. The molecule has 0 spiro atoms. The average Bonchev–Trinajstić information content (AvgIpc) is 1.86. The largest absolute Gasteiger partial charge is 0.390 e. The lowest BCUT2D eigenvalue weighted by atomic mass is 9.76. The highest BCUT2D eigenvalue weighted by Gasteiger charge is 2.36. The first-order valence-electron chi connectivity index (χ1n) is 4.45. The first kappa shape index (κ1) is 9.01. The molecule has 0 aromatic carbocycles. The molecule has 1 saturated carbocycles. The Kier molecular flexibility index (Phi) is 2.55. The Bertz CT molecular complexity index is 134. The molecule has 0 aromatic rings. The van der Waals surface area contributed by atoms with Crippen molar-refractivity contribution in [2.24, 2.45) is 5.92 Å². The van der Waals surface area contributed by atoms with E-state index >= 15 is 0 Å². The Morgan fingerprint density at radius 2 is 2.18 bits per heavy atom. The van der Waals surface area contributed by atoms with Crippen LogP contribution >= 0.6 is 0 Å². The van der Waals surface area contributed by atoms with Crippen molar-refractivity contribution in [3.63, 3.8) is 0 Å². The molecule has 66 valence electrons. The van der Waals surface area contributed by atoms with E-state index in [1.54, 1.807) is 6.92 Å². The molecule has 2 N–H and O–H groups in total. The molecule has 2 heteroatoms. The Balaban J connectivity index is 2.55. The summed E-state index contributed by atoms with van der Waals surface area (Å²) in [6.07, 6.45) is 3.17. The van der Waals surface area contributed by atoms with E-state index in [1.807, 2.05) is 0 Å². The Morgan fingerprint density at radius 3 is 2.55 bits per heavy atom. The first-order valence-corrected chi connectivity index (χ1v) is 4.45. The summed E-state index contributed by atoms with van der Waals surface area (Å²) in [5.41, 5.74) is -0.794. The van der Waals surface area contributed by atoms with E-state index in [0.29, 0.717) is 5.92 Å². The molecule has 1 aliphatic rings. The zero-order valence-electron chi connectivity index (χ0n) is 7.38. The molecule has 1 fully saturated rings. The monoisotopic (exact) mass is 158 g/mol. The van der Waals surface area contributed by atoms with Gasteiger partial charge in [0.15, 0.2) is 0 Å². The van der Waals surface area contributed by atoms with Crippen LogP contribution in [0, 0.1) is 5.92 Å². The fourth-order valence-electron chi connectivity index (χ4n) is 1.94. The summed E-state index contributed by atoms with van der Waals surface area (Å²) in [5.74, 6) is 0.559. The van der Waals surface area contributed by atoms with Gasteiger partial charge in [-0.15, -0.1) is 0 Å². The average molecular weight is 158 g/mol. The lowest BCUT2D eigenvalue weighted by Gasteiger charge is -2.37. The third-order valence-electron chi connectivity index (χ3n) is 2.79. The van der Waals surface area contributed by atoms with Crippen LogP contribution in [0.15, 0.2) is 0 Å². The summed E-state index contributed by atoms with van der Waals surface area (Å²) < 4.78 is 0. The summed E-state index contributed by atoms with van der Waals surface area (Å²) in [6.45, 7) is 3.81. The molecule has 0 aromatic heterocycles. The van der Waals surface area contributed by atoms with Crippen LogP contribution in [0.2, 0.25) is 0 Å². The molecule has 3 unspecified atom stereocenters. The van der Waals surface area contributed by atoms with Gasteiger partial charge in [-0.05, 0) is 25.7 Å². The quantitative estimate of drug-likeness (QED) is 0.604. The van der Waals surface area contributed by atoms with Crippen molar-refractivity contribution in [3.8, 4) is 0 Å². The van der Waals surface area contributed by atoms with Gasteiger partial charge in [0.1, 0.15) is 0 Å². The van der Waals surface area contributed by atoms with Crippen molar-refractivity contribution in [1.29, 1.82) is 0 Å². The molecule has 3 atom stereocenters. The molecule has 1 rings (SSSR count). The normalized spacial score (nSPS) is 42.0. The van der Waals surface area contributed by atoms with Gasteiger partial charge in [0.25, 0.3) is 0 Å². The second-order valence-corrected chi connectivity index (χ2v) is 3.98. The van der Waals surface area contributed by atoms with Crippen molar-refractivity contribution in [2.75, 3.05) is 0 Å². The van der Waals surface area contributed by atoms with Gasteiger partial charge in [0, 0.05) is 0 Å². The molecule has 0 heterocycles. The summed E-state index contributed by atoms with van der Waals surface area (Å²) in [5, 5.41) is 19.2. The van der Waals surface area contributed by atoms with Crippen LogP contribution in [0.5, 0.6) is 0 Å². The van der Waals surface area contributed by atoms with Crippen molar-refractivity contribution in [1.82, 2.24) is 0 Å². The summed E-state index contributed by atoms with van der Waals surface area (Å²) in [6, 6.07) is 0.